The van der Waals surface area contributed by atoms with Crippen molar-refractivity contribution in [3.05, 3.63) is 69.8 Å². The maximum Gasteiger partial charge on any atom is 0.275 e. The first kappa shape index (κ1) is 21.2. The van der Waals surface area contributed by atoms with E-state index in [1.807, 2.05) is 39.8 Å². The van der Waals surface area contributed by atoms with E-state index < -0.39 is 15.6 Å². The lowest BCUT2D eigenvalue weighted by atomic mass is 9.89. The predicted molar refractivity (Wildman–Crippen MR) is 117 cm³/mol. The van der Waals surface area contributed by atoms with Crippen molar-refractivity contribution in [2.75, 3.05) is 0 Å². The topological polar surface area (TPSA) is 69.0 Å². The second-order valence-corrected chi connectivity index (χ2v) is 10.1. The molecule has 3 aromatic rings. The summed E-state index contributed by atoms with van der Waals surface area (Å²) in [5.41, 5.74) is 2.47. The third-order valence-electron chi connectivity index (χ3n) is 5.23. The molecule has 2 aromatic carbocycles. The van der Waals surface area contributed by atoms with Crippen molar-refractivity contribution >= 4 is 20.9 Å². The van der Waals surface area contributed by atoms with Gasteiger partial charge in [-0.05, 0) is 46.6 Å². The van der Waals surface area contributed by atoms with Gasteiger partial charge in [0.2, 0.25) is 0 Å². The Bertz CT molecular complexity index is 1190. The second-order valence-electron chi connectivity index (χ2n) is 8.36. The summed E-state index contributed by atoms with van der Waals surface area (Å²) in [6.07, 6.45) is 1.13. The maximum absolute atomic E-state index is 13.8. The van der Waals surface area contributed by atoms with E-state index in [1.54, 1.807) is 24.3 Å². The number of aromatic nitrogens is 2. The zero-order valence-corrected chi connectivity index (χ0v) is 18.6. The minimum atomic E-state index is -4.11. The highest BCUT2D eigenvalue weighted by atomic mass is 32.2. The summed E-state index contributed by atoms with van der Waals surface area (Å²) < 4.78 is 28.3. The van der Waals surface area contributed by atoms with Crippen molar-refractivity contribution in [1.29, 1.82) is 0 Å². The zero-order valence-electron chi connectivity index (χ0n) is 17.8. The smallest absolute Gasteiger partial charge is 0.267 e. The van der Waals surface area contributed by atoms with E-state index in [1.165, 1.54) is 0 Å². The minimum absolute atomic E-state index is 0.0138. The number of rotatable bonds is 5. The van der Waals surface area contributed by atoms with Crippen molar-refractivity contribution < 1.29 is 8.42 Å². The van der Waals surface area contributed by atoms with Crippen LogP contribution in [0.3, 0.4) is 0 Å². The molecule has 3 rings (SSSR count). The molecule has 1 aromatic heterocycles. The van der Waals surface area contributed by atoms with Crippen molar-refractivity contribution in [1.82, 2.24) is 8.96 Å². The van der Waals surface area contributed by atoms with Gasteiger partial charge in [-0.1, -0.05) is 65.8 Å². The van der Waals surface area contributed by atoms with Crippen LogP contribution < -0.4 is 5.56 Å². The Labute approximate surface area is 172 Å². The van der Waals surface area contributed by atoms with Crippen LogP contribution in [0.1, 0.15) is 76.0 Å². The van der Waals surface area contributed by atoms with Gasteiger partial charge in [0.1, 0.15) is 6.33 Å². The lowest BCUT2D eigenvalue weighted by Crippen LogP contribution is -2.29. The molecular weight excluding hydrogens is 384 g/mol. The molecule has 0 unspecified atom stereocenters. The van der Waals surface area contributed by atoms with Gasteiger partial charge in [0, 0.05) is 0 Å². The molecule has 0 N–H and O–H groups in total. The molecule has 0 aliphatic rings. The summed E-state index contributed by atoms with van der Waals surface area (Å²) in [6.45, 7) is 12.1. The van der Waals surface area contributed by atoms with E-state index in [0.29, 0.717) is 5.52 Å². The Morgan fingerprint density at radius 2 is 1.41 bits per heavy atom. The predicted octanol–water partition coefficient (Wildman–Crippen LogP) is 5.00. The zero-order chi connectivity index (χ0) is 21.5. The van der Waals surface area contributed by atoms with Gasteiger partial charge in [-0.25, -0.2) is 13.4 Å². The average molecular weight is 413 g/mol. The Morgan fingerprint density at radius 3 is 1.93 bits per heavy atom. The van der Waals surface area contributed by atoms with Crippen molar-refractivity contribution in [3.63, 3.8) is 0 Å². The fourth-order valence-corrected chi connectivity index (χ4v) is 5.38. The monoisotopic (exact) mass is 412 g/mol. The quantitative estimate of drug-likeness (QED) is 0.591. The van der Waals surface area contributed by atoms with Crippen molar-refractivity contribution in [2.24, 2.45) is 0 Å². The molecule has 0 saturated heterocycles. The van der Waals surface area contributed by atoms with Crippen LogP contribution in [0.4, 0.5) is 0 Å². The molecular formula is C23H28N2O3S. The average Bonchev–Trinajstić information content (AvgIpc) is 2.66. The molecule has 0 saturated carbocycles. The van der Waals surface area contributed by atoms with Gasteiger partial charge in [0.25, 0.3) is 15.6 Å². The van der Waals surface area contributed by atoms with E-state index in [2.05, 4.69) is 18.8 Å². The van der Waals surface area contributed by atoms with Gasteiger partial charge in [0.05, 0.1) is 15.8 Å². The molecule has 0 fully saturated rings. The van der Waals surface area contributed by atoms with Gasteiger partial charge in [-0.2, -0.15) is 3.97 Å². The van der Waals surface area contributed by atoms with Crippen molar-refractivity contribution in [3.8, 4) is 0 Å². The molecule has 0 spiro atoms. The lowest BCUT2D eigenvalue weighted by Gasteiger charge is -2.23. The number of hydrogen-bond acceptors (Lipinski definition) is 4. The van der Waals surface area contributed by atoms with Crippen LogP contribution in [0.25, 0.3) is 10.9 Å². The third kappa shape index (κ3) is 3.73. The first-order valence-corrected chi connectivity index (χ1v) is 11.4. The largest absolute Gasteiger partial charge is 0.275 e. The van der Waals surface area contributed by atoms with E-state index >= 15 is 0 Å². The van der Waals surface area contributed by atoms with Crippen LogP contribution >= 0.6 is 0 Å². The molecule has 0 aliphatic carbocycles. The number of para-hydroxylation sites is 1. The normalized spacial score (nSPS) is 12.4. The highest BCUT2D eigenvalue weighted by molar-refractivity contribution is 7.90. The van der Waals surface area contributed by atoms with Crippen LogP contribution in [0.2, 0.25) is 0 Å². The van der Waals surface area contributed by atoms with E-state index in [-0.39, 0.29) is 28.0 Å². The third-order valence-corrected chi connectivity index (χ3v) is 7.00. The molecule has 154 valence electrons. The van der Waals surface area contributed by atoms with Gasteiger partial charge >= 0.3 is 0 Å². The summed E-state index contributed by atoms with van der Waals surface area (Å²) in [6, 6.07) is 10.7. The Morgan fingerprint density at radius 1 is 0.862 bits per heavy atom. The van der Waals surface area contributed by atoms with Crippen LogP contribution in [0.5, 0.6) is 0 Å². The van der Waals surface area contributed by atoms with Gasteiger partial charge < -0.3 is 0 Å². The summed E-state index contributed by atoms with van der Waals surface area (Å²) in [5.74, 6) is 0.243. The fraction of sp³-hybridized carbons (Fsp3) is 0.391. The molecule has 5 nitrogen and oxygen atoms in total. The van der Waals surface area contributed by atoms with Crippen LogP contribution in [0, 0.1) is 0 Å². The molecule has 29 heavy (non-hydrogen) atoms. The number of nitrogens with zero attached hydrogens (tertiary/aromatic N) is 2. The summed E-state index contributed by atoms with van der Waals surface area (Å²) in [4.78, 5) is 17.5. The van der Waals surface area contributed by atoms with Crippen LogP contribution in [-0.4, -0.2) is 17.4 Å². The number of fused-ring (bicyclic) bond motifs is 1. The molecule has 1 heterocycles. The highest BCUT2D eigenvalue weighted by Crippen LogP contribution is 2.35. The van der Waals surface area contributed by atoms with Crippen LogP contribution in [0.15, 0.2) is 52.4 Å². The first-order valence-electron chi connectivity index (χ1n) is 9.95. The molecule has 0 bridgehead atoms. The van der Waals surface area contributed by atoms with Crippen LogP contribution in [-0.2, 0) is 10.0 Å². The van der Waals surface area contributed by atoms with Gasteiger partial charge in [-0.15, -0.1) is 0 Å². The molecule has 0 amide bonds. The summed E-state index contributed by atoms with van der Waals surface area (Å²) in [5, 5.41) is 0.287. The molecule has 0 atom stereocenters. The summed E-state index contributed by atoms with van der Waals surface area (Å²) in [7, 11) is -4.11. The standard InChI is InChI=1S/C23H28N2O3S/c1-14(2)17-11-19(15(3)4)22(20(12-17)16(5)6)29(27,28)25-13-24-21-10-8-7-9-18(21)23(25)26/h7-16H,1-6H3. The number of hydrogen-bond donors (Lipinski definition) is 0. The van der Waals surface area contributed by atoms with E-state index in [4.69, 9.17) is 0 Å². The maximum atomic E-state index is 13.8. The van der Waals surface area contributed by atoms with E-state index in [0.717, 1.165) is 27.0 Å². The van der Waals surface area contributed by atoms with Gasteiger partial charge in [-0.3, -0.25) is 4.79 Å². The Balaban J connectivity index is 2.40. The fourth-order valence-electron chi connectivity index (χ4n) is 3.51. The molecule has 0 radical (unpaired) electrons. The first-order chi connectivity index (χ1) is 13.6. The molecule has 0 aliphatic heterocycles. The minimum Gasteiger partial charge on any atom is -0.267 e. The van der Waals surface area contributed by atoms with Crippen molar-refractivity contribution in [2.45, 2.75) is 64.2 Å². The second kappa shape index (κ2) is 7.75. The lowest BCUT2D eigenvalue weighted by molar-refractivity contribution is 0.579. The van der Waals surface area contributed by atoms with Gasteiger partial charge in [0.15, 0.2) is 0 Å². The SMILES string of the molecule is CC(C)c1cc(C(C)C)c(S(=O)(=O)n2cnc3ccccc3c2=O)c(C(C)C)c1. The summed E-state index contributed by atoms with van der Waals surface area (Å²) >= 11 is 0. The Hall–Kier alpha value is -2.47. The highest BCUT2D eigenvalue weighted by Gasteiger charge is 2.29. The molecule has 6 heteroatoms. The number of benzene rings is 2. The Kier molecular flexibility index (Phi) is 5.68. The van der Waals surface area contributed by atoms with E-state index in [9.17, 15) is 13.2 Å².